The van der Waals surface area contributed by atoms with Gasteiger partial charge >= 0.3 is 0 Å². The van der Waals surface area contributed by atoms with E-state index in [1.165, 1.54) is 10.6 Å². The molecule has 1 atom stereocenters. The van der Waals surface area contributed by atoms with Crippen LogP contribution in [0.5, 0.6) is 0 Å². The van der Waals surface area contributed by atoms with Crippen molar-refractivity contribution in [1.29, 1.82) is 0 Å². The minimum atomic E-state index is -3.10. The molecule has 27 heavy (non-hydrogen) atoms. The minimum Gasteiger partial charge on any atom is -0.370 e. The number of halogens is 2. The molecule has 0 spiro atoms. The Morgan fingerprint density at radius 3 is 2.37 bits per heavy atom. The van der Waals surface area contributed by atoms with E-state index in [9.17, 15) is 8.42 Å². The van der Waals surface area contributed by atoms with Gasteiger partial charge in [-0.25, -0.2) is 12.7 Å². The van der Waals surface area contributed by atoms with Crippen LogP contribution in [0.2, 0.25) is 5.02 Å². The number of hydrogen-bond donors (Lipinski definition) is 1. The molecule has 0 aliphatic carbocycles. The van der Waals surface area contributed by atoms with Crippen molar-refractivity contribution in [2.45, 2.75) is 6.42 Å². The molecule has 2 aliphatic heterocycles. The second-order valence-electron chi connectivity index (χ2n) is 6.93. The number of hydrogen-bond acceptors (Lipinski definition) is 4. The van der Waals surface area contributed by atoms with E-state index < -0.39 is 10.0 Å². The van der Waals surface area contributed by atoms with Crippen molar-refractivity contribution in [3.63, 3.8) is 0 Å². The van der Waals surface area contributed by atoms with E-state index in [4.69, 9.17) is 17.3 Å². The van der Waals surface area contributed by atoms with E-state index >= 15 is 0 Å². The topological polar surface area (TPSA) is 82.2 Å². The number of anilines is 1. The van der Waals surface area contributed by atoms with Crippen LogP contribution in [0.3, 0.4) is 0 Å². The monoisotopic (exact) mass is 527 g/mol. The number of piperazine rings is 1. The molecular weight excluding hydrogens is 501 g/mol. The fraction of sp³-hybridized carbons (Fsp3) is 0.588. The lowest BCUT2D eigenvalue weighted by Crippen LogP contribution is -2.51. The van der Waals surface area contributed by atoms with Gasteiger partial charge < -0.3 is 15.5 Å². The summed E-state index contributed by atoms with van der Waals surface area (Å²) in [5, 5.41) is 0.741. The van der Waals surface area contributed by atoms with Gasteiger partial charge in [-0.15, -0.1) is 24.0 Å². The summed E-state index contributed by atoms with van der Waals surface area (Å²) in [6.45, 7) is 5.09. The van der Waals surface area contributed by atoms with Crippen LogP contribution in [-0.2, 0) is 10.0 Å². The van der Waals surface area contributed by atoms with Gasteiger partial charge in [0.15, 0.2) is 5.96 Å². The van der Waals surface area contributed by atoms with E-state index in [2.05, 4.69) is 14.8 Å². The number of benzene rings is 1. The Morgan fingerprint density at radius 2 is 1.81 bits per heavy atom. The van der Waals surface area contributed by atoms with Gasteiger partial charge in [-0.05, 0) is 36.6 Å². The lowest BCUT2D eigenvalue weighted by molar-refractivity contribution is 0.379. The quantitative estimate of drug-likeness (QED) is 0.366. The maximum absolute atomic E-state index is 11.6. The minimum absolute atomic E-state index is 0. The first kappa shape index (κ1) is 22.5. The normalized spacial score (nSPS) is 22.0. The van der Waals surface area contributed by atoms with Gasteiger partial charge in [0.1, 0.15) is 0 Å². The molecule has 2 heterocycles. The molecule has 2 aliphatic rings. The van der Waals surface area contributed by atoms with Crippen molar-refractivity contribution in [2.24, 2.45) is 16.6 Å². The predicted molar refractivity (Wildman–Crippen MR) is 122 cm³/mol. The number of guanidine groups is 1. The van der Waals surface area contributed by atoms with Crippen LogP contribution in [0.1, 0.15) is 6.42 Å². The third-order valence-electron chi connectivity index (χ3n) is 5.02. The highest BCUT2D eigenvalue weighted by Crippen LogP contribution is 2.20. The fourth-order valence-electron chi connectivity index (χ4n) is 3.42. The maximum Gasteiger partial charge on any atom is 0.211 e. The predicted octanol–water partition coefficient (Wildman–Crippen LogP) is 1.68. The van der Waals surface area contributed by atoms with Crippen LogP contribution in [0, 0.1) is 5.92 Å². The zero-order chi connectivity index (χ0) is 18.7. The third kappa shape index (κ3) is 6.10. The van der Waals surface area contributed by atoms with Gasteiger partial charge in [0, 0.05) is 56.5 Å². The van der Waals surface area contributed by atoms with Gasteiger partial charge in [-0.2, -0.15) is 0 Å². The van der Waals surface area contributed by atoms with Crippen LogP contribution in [-0.4, -0.2) is 75.7 Å². The largest absolute Gasteiger partial charge is 0.370 e. The van der Waals surface area contributed by atoms with Gasteiger partial charge in [-0.3, -0.25) is 4.99 Å². The van der Waals surface area contributed by atoms with E-state index in [-0.39, 0.29) is 29.9 Å². The Labute approximate surface area is 183 Å². The molecule has 2 saturated heterocycles. The molecule has 7 nitrogen and oxygen atoms in total. The number of aliphatic imine (C=N–C) groups is 1. The second-order valence-corrected chi connectivity index (χ2v) is 9.34. The van der Waals surface area contributed by atoms with Gasteiger partial charge in [0.2, 0.25) is 10.0 Å². The molecule has 1 aromatic rings. The van der Waals surface area contributed by atoms with Crippen molar-refractivity contribution >= 4 is 57.2 Å². The fourth-order valence-corrected chi connectivity index (χ4v) is 4.46. The summed E-state index contributed by atoms with van der Waals surface area (Å²) in [6.07, 6.45) is 2.10. The Hall–Kier alpha value is -0.780. The highest BCUT2D eigenvalue weighted by molar-refractivity contribution is 14.0. The lowest BCUT2D eigenvalue weighted by atomic mass is 10.1. The van der Waals surface area contributed by atoms with Crippen molar-refractivity contribution in [1.82, 2.24) is 9.21 Å². The summed E-state index contributed by atoms with van der Waals surface area (Å²) >= 11 is 5.94. The molecule has 0 aromatic heterocycles. The first-order valence-corrected chi connectivity index (χ1v) is 11.1. The Morgan fingerprint density at radius 1 is 1.19 bits per heavy atom. The number of nitrogens with two attached hydrogens (primary N) is 1. The first-order chi connectivity index (χ1) is 12.3. The van der Waals surface area contributed by atoms with E-state index in [0.29, 0.717) is 25.6 Å². The smallest absolute Gasteiger partial charge is 0.211 e. The second kappa shape index (κ2) is 9.62. The molecule has 3 rings (SSSR count). The molecule has 0 saturated carbocycles. The molecule has 1 unspecified atom stereocenters. The van der Waals surface area contributed by atoms with Gasteiger partial charge in [0.05, 0.1) is 6.26 Å². The molecular formula is C17H27ClIN5O2S. The average Bonchev–Trinajstić information content (AvgIpc) is 3.10. The van der Waals surface area contributed by atoms with Crippen molar-refractivity contribution in [3.05, 3.63) is 29.3 Å². The highest BCUT2D eigenvalue weighted by atomic mass is 127. The standard InChI is InChI=1S/C17H26ClN5O2S.HI/c1-26(24,25)23-7-6-14(13-23)12-20-17(19)22-10-8-21(9-11-22)16-4-2-15(18)3-5-16;/h2-5,14H,6-13H2,1H3,(H2,19,20);1H. The van der Waals surface area contributed by atoms with Gasteiger partial charge in [0.25, 0.3) is 0 Å². The van der Waals surface area contributed by atoms with Crippen LogP contribution in [0.4, 0.5) is 5.69 Å². The van der Waals surface area contributed by atoms with Crippen molar-refractivity contribution in [2.75, 3.05) is 57.0 Å². The zero-order valence-corrected chi connectivity index (χ0v) is 19.3. The molecule has 0 amide bonds. The van der Waals surface area contributed by atoms with Crippen molar-refractivity contribution in [3.8, 4) is 0 Å². The lowest BCUT2D eigenvalue weighted by Gasteiger charge is -2.36. The average molecular weight is 528 g/mol. The number of rotatable bonds is 4. The summed E-state index contributed by atoms with van der Waals surface area (Å²) in [5.74, 6) is 0.803. The summed E-state index contributed by atoms with van der Waals surface area (Å²) in [7, 11) is -3.10. The SMILES string of the molecule is CS(=O)(=O)N1CCC(CN=C(N)N2CCN(c3ccc(Cl)cc3)CC2)C1.I. The molecule has 1 aromatic carbocycles. The molecule has 0 radical (unpaired) electrons. The molecule has 10 heteroatoms. The molecule has 2 fully saturated rings. The first-order valence-electron chi connectivity index (χ1n) is 8.83. The summed E-state index contributed by atoms with van der Waals surface area (Å²) in [4.78, 5) is 8.92. The molecule has 0 bridgehead atoms. The highest BCUT2D eigenvalue weighted by Gasteiger charge is 2.28. The van der Waals surface area contributed by atoms with Crippen LogP contribution in [0.15, 0.2) is 29.3 Å². The van der Waals surface area contributed by atoms with Crippen LogP contribution >= 0.6 is 35.6 Å². The van der Waals surface area contributed by atoms with E-state index in [1.54, 1.807) is 0 Å². The Kier molecular flexibility index (Phi) is 8.02. The van der Waals surface area contributed by atoms with E-state index in [1.807, 2.05) is 24.3 Å². The summed E-state index contributed by atoms with van der Waals surface area (Å²) < 4.78 is 24.7. The van der Waals surface area contributed by atoms with E-state index in [0.717, 1.165) is 43.3 Å². The van der Waals surface area contributed by atoms with Crippen LogP contribution < -0.4 is 10.6 Å². The Balaban J connectivity index is 0.00000261. The van der Waals surface area contributed by atoms with Gasteiger partial charge in [-0.1, -0.05) is 11.6 Å². The molecule has 2 N–H and O–H groups in total. The zero-order valence-electron chi connectivity index (χ0n) is 15.4. The summed E-state index contributed by atoms with van der Waals surface area (Å²) in [5.41, 5.74) is 7.32. The third-order valence-corrected chi connectivity index (χ3v) is 6.55. The Bertz CT molecular complexity index is 751. The number of sulfonamides is 1. The van der Waals surface area contributed by atoms with Crippen molar-refractivity contribution < 1.29 is 8.42 Å². The van der Waals surface area contributed by atoms with Crippen LogP contribution in [0.25, 0.3) is 0 Å². The molecule has 152 valence electrons. The maximum atomic E-state index is 11.6. The number of nitrogens with zero attached hydrogens (tertiary/aromatic N) is 4. The summed E-state index contributed by atoms with van der Waals surface area (Å²) in [6, 6.07) is 7.87.